The summed E-state index contributed by atoms with van der Waals surface area (Å²) in [5.74, 6) is 0.0336. The molecule has 1 amide bonds. The fourth-order valence-corrected chi connectivity index (χ4v) is 0.528. The van der Waals surface area contributed by atoms with Crippen LogP contribution < -0.4 is 5.32 Å². The van der Waals surface area contributed by atoms with Crippen molar-refractivity contribution in [1.82, 2.24) is 5.32 Å². The Labute approximate surface area is 56.0 Å². The molecule has 0 radical (unpaired) electrons. The third-order valence-corrected chi connectivity index (χ3v) is 0.879. The van der Waals surface area contributed by atoms with Gasteiger partial charge in [0.1, 0.15) is 0 Å². The SMILES string of the molecule is CC.O=C1C=CCCN1. The molecule has 0 aromatic heterocycles. The number of carbonyl (C=O) groups is 1. The minimum atomic E-state index is 0.0336. The molecule has 1 N–H and O–H groups in total. The van der Waals surface area contributed by atoms with Crippen molar-refractivity contribution in [3.8, 4) is 0 Å². The largest absolute Gasteiger partial charge is 0.352 e. The van der Waals surface area contributed by atoms with Gasteiger partial charge in [0.05, 0.1) is 0 Å². The monoisotopic (exact) mass is 127 g/mol. The summed E-state index contributed by atoms with van der Waals surface area (Å²) >= 11 is 0. The van der Waals surface area contributed by atoms with Gasteiger partial charge in [-0.05, 0) is 12.5 Å². The van der Waals surface area contributed by atoms with Crippen molar-refractivity contribution < 1.29 is 4.79 Å². The van der Waals surface area contributed by atoms with Gasteiger partial charge < -0.3 is 5.32 Å². The lowest BCUT2D eigenvalue weighted by Crippen LogP contribution is -2.24. The maximum Gasteiger partial charge on any atom is 0.243 e. The highest BCUT2D eigenvalue weighted by Crippen LogP contribution is 1.86. The third kappa shape index (κ3) is 3.76. The zero-order valence-corrected chi connectivity index (χ0v) is 5.98. The number of carbonyl (C=O) groups excluding carboxylic acids is 1. The number of hydrogen-bond acceptors (Lipinski definition) is 1. The summed E-state index contributed by atoms with van der Waals surface area (Å²) in [6.07, 6.45) is 4.41. The molecule has 0 unspecified atom stereocenters. The topological polar surface area (TPSA) is 29.1 Å². The van der Waals surface area contributed by atoms with Gasteiger partial charge in [0.2, 0.25) is 5.91 Å². The molecule has 1 aliphatic heterocycles. The van der Waals surface area contributed by atoms with Gasteiger partial charge in [-0.1, -0.05) is 19.9 Å². The highest BCUT2D eigenvalue weighted by atomic mass is 16.1. The van der Waals surface area contributed by atoms with E-state index in [9.17, 15) is 4.79 Å². The molecule has 0 aliphatic carbocycles. The number of amides is 1. The second-order valence-corrected chi connectivity index (χ2v) is 1.48. The lowest BCUT2D eigenvalue weighted by molar-refractivity contribution is -0.116. The van der Waals surface area contributed by atoms with Crippen LogP contribution >= 0.6 is 0 Å². The molecular formula is C7H13NO. The lowest BCUT2D eigenvalue weighted by atomic mass is 10.3. The van der Waals surface area contributed by atoms with Crippen molar-refractivity contribution in [1.29, 1.82) is 0 Å². The standard InChI is InChI=1S/C5H7NO.C2H6/c7-5-3-1-2-4-6-5;1-2/h1,3H,2,4H2,(H,6,7);1-2H3. The van der Waals surface area contributed by atoms with Crippen molar-refractivity contribution >= 4 is 5.91 Å². The molecule has 0 aromatic rings. The fraction of sp³-hybridized carbons (Fsp3) is 0.571. The molecule has 1 heterocycles. The third-order valence-electron chi connectivity index (χ3n) is 0.879. The zero-order valence-electron chi connectivity index (χ0n) is 5.98. The molecule has 2 heteroatoms. The molecule has 0 spiro atoms. The van der Waals surface area contributed by atoms with Crippen molar-refractivity contribution in [2.75, 3.05) is 6.54 Å². The van der Waals surface area contributed by atoms with Gasteiger partial charge in [-0.2, -0.15) is 0 Å². The van der Waals surface area contributed by atoms with Gasteiger partial charge >= 0.3 is 0 Å². The van der Waals surface area contributed by atoms with Crippen LogP contribution in [0.25, 0.3) is 0 Å². The van der Waals surface area contributed by atoms with Crippen LogP contribution in [-0.2, 0) is 4.79 Å². The Bertz CT molecular complexity index is 107. The van der Waals surface area contributed by atoms with Gasteiger partial charge in [-0.25, -0.2) is 0 Å². The normalized spacial score (nSPS) is 15.6. The second-order valence-electron chi connectivity index (χ2n) is 1.48. The molecule has 1 aliphatic rings. The van der Waals surface area contributed by atoms with E-state index in [1.807, 2.05) is 19.9 Å². The van der Waals surface area contributed by atoms with E-state index in [-0.39, 0.29) is 5.91 Å². The first-order chi connectivity index (χ1) is 4.39. The van der Waals surface area contributed by atoms with Gasteiger partial charge in [0.15, 0.2) is 0 Å². The van der Waals surface area contributed by atoms with Crippen LogP contribution in [0.15, 0.2) is 12.2 Å². The molecular weight excluding hydrogens is 114 g/mol. The maximum absolute atomic E-state index is 10.3. The van der Waals surface area contributed by atoms with E-state index < -0.39 is 0 Å². The first kappa shape index (κ1) is 8.21. The molecule has 0 fully saturated rings. The summed E-state index contributed by atoms with van der Waals surface area (Å²) in [7, 11) is 0. The molecule has 0 bridgehead atoms. The number of rotatable bonds is 0. The van der Waals surface area contributed by atoms with Gasteiger partial charge in [0.25, 0.3) is 0 Å². The second kappa shape index (κ2) is 5.35. The van der Waals surface area contributed by atoms with Crippen molar-refractivity contribution in [3.05, 3.63) is 12.2 Å². The summed E-state index contributed by atoms with van der Waals surface area (Å²) in [5, 5.41) is 2.66. The van der Waals surface area contributed by atoms with Crippen LogP contribution in [0.5, 0.6) is 0 Å². The van der Waals surface area contributed by atoms with E-state index >= 15 is 0 Å². The summed E-state index contributed by atoms with van der Waals surface area (Å²) in [6.45, 7) is 4.80. The van der Waals surface area contributed by atoms with Gasteiger partial charge in [-0.3, -0.25) is 4.79 Å². The average molecular weight is 127 g/mol. The minimum absolute atomic E-state index is 0.0336. The van der Waals surface area contributed by atoms with E-state index in [0.717, 1.165) is 13.0 Å². The Kier molecular flexibility index (Phi) is 4.88. The molecule has 0 saturated heterocycles. The molecule has 9 heavy (non-hydrogen) atoms. The van der Waals surface area contributed by atoms with Gasteiger partial charge in [0, 0.05) is 6.54 Å². The minimum Gasteiger partial charge on any atom is -0.352 e. The molecule has 2 nitrogen and oxygen atoms in total. The zero-order chi connectivity index (χ0) is 7.11. The van der Waals surface area contributed by atoms with Crippen molar-refractivity contribution in [2.24, 2.45) is 0 Å². The fourth-order valence-electron chi connectivity index (χ4n) is 0.528. The summed E-state index contributed by atoms with van der Waals surface area (Å²) < 4.78 is 0. The first-order valence-corrected chi connectivity index (χ1v) is 3.34. The van der Waals surface area contributed by atoms with Crippen LogP contribution in [-0.4, -0.2) is 12.5 Å². The molecule has 1 rings (SSSR count). The van der Waals surface area contributed by atoms with E-state index in [1.165, 1.54) is 0 Å². The molecule has 0 aromatic carbocycles. The average Bonchev–Trinajstić information content (AvgIpc) is 1.94. The van der Waals surface area contributed by atoms with E-state index in [0.29, 0.717) is 0 Å². The predicted molar refractivity (Wildman–Crippen MR) is 38.1 cm³/mol. The Balaban J connectivity index is 0.000000291. The van der Waals surface area contributed by atoms with Gasteiger partial charge in [-0.15, -0.1) is 0 Å². The van der Waals surface area contributed by atoms with Crippen molar-refractivity contribution in [2.45, 2.75) is 20.3 Å². The lowest BCUT2D eigenvalue weighted by Gasteiger charge is -2.01. The Hall–Kier alpha value is -0.790. The molecule has 0 saturated carbocycles. The maximum atomic E-state index is 10.3. The number of nitrogens with one attached hydrogen (secondary N) is 1. The van der Waals surface area contributed by atoms with Crippen LogP contribution in [0, 0.1) is 0 Å². The Morgan fingerprint density at radius 3 is 2.44 bits per heavy atom. The predicted octanol–water partition coefficient (Wildman–Crippen LogP) is 1.09. The molecule has 0 atom stereocenters. The quantitative estimate of drug-likeness (QED) is 0.518. The van der Waals surface area contributed by atoms with E-state index in [4.69, 9.17) is 0 Å². The highest BCUT2D eigenvalue weighted by Gasteiger charge is 1.95. The van der Waals surface area contributed by atoms with Crippen LogP contribution in [0.3, 0.4) is 0 Å². The van der Waals surface area contributed by atoms with E-state index in [1.54, 1.807) is 6.08 Å². The van der Waals surface area contributed by atoms with Crippen LogP contribution in [0.4, 0.5) is 0 Å². The summed E-state index contributed by atoms with van der Waals surface area (Å²) in [6, 6.07) is 0. The Morgan fingerprint density at radius 2 is 2.22 bits per heavy atom. The van der Waals surface area contributed by atoms with Crippen LogP contribution in [0.2, 0.25) is 0 Å². The number of hydrogen-bond donors (Lipinski definition) is 1. The Morgan fingerprint density at radius 1 is 1.56 bits per heavy atom. The molecule has 52 valence electrons. The first-order valence-electron chi connectivity index (χ1n) is 3.34. The van der Waals surface area contributed by atoms with Crippen LogP contribution in [0.1, 0.15) is 20.3 Å². The van der Waals surface area contributed by atoms with Crippen molar-refractivity contribution in [3.63, 3.8) is 0 Å². The summed E-state index contributed by atoms with van der Waals surface area (Å²) in [4.78, 5) is 10.3. The summed E-state index contributed by atoms with van der Waals surface area (Å²) in [5.41, 5.74) is 0. The smallest absolute Gasteiger partial charge is 0.243 e. The highest BCUT2D eigenvalue weighted by molar-refractivity contribution is 5.88. The van der Waals surface area contributed by atoms with E-state index in [2.05, 4.69) is 5.32 Å².